The first kappa shape index (κ1) is 15.9. The summed E-state index contributed by atoms with van der Waals surface area (Å²) in [4.78, 5) is 12.4. The second-order valence-electron chi connectivity index (χ2n) is 5.38. The van der Waals surface area contributed by atoms with Crippen molar-refractivity contribution in [3.63, 3.8) is 0 Å². The fourth-order valence-corrected chi connectivity index (χ4v) is 3.70. The molecule has 1 amide bonds. The lowest BCUT2D eigenvalue weighted by Gasteiger charge is -2.19. The summed E-state index contributed by atoms with van der Waals surface area (Å²) in [5.74, 6) is 5.83. The average molecular weight is 302 g/mol. The third kappa shape index (κ3) is 4.26. The molecule has 0 spiro atoms. The monoisotopic (exact) mass is 302 g/mol. The highest BCUT2D eigenvalue weighted by atomic mass is 32.2. The molecule has 1 saturated carbocycles. The van der Waals surface area contributed by atoms with E-state index in [-0.39, 0.29) is 11.9 Å². The number of benzene rings is 1. The molecule has 1 aliphatic rings. The predicted octanol–water partition coefficient (Wildman–Crippen LogP) is 2.32. The van der Waals surface area contributed by atoms with Crippen LogP contribution in [0.15, 0.2) is 18.2 Å². The van der Waals surface area contributed by atoms with Crippen molar-refractivity contribution in [1.82, 2.24) is 5.32 Å². The molecule has 1 aromatic rings. The van der Waals surface area contributed by atoms with Gasteiger partial charge in [0.25, 0.3) is 5.91 Å². The number of carbonyl (C=O) groups is 1. The highest BCUT2D eigenvalue weighted by Crippen LogP contribution is 2.28. The van der Waals surface area contributed by atoms with E-state index in [2.05, 4.69) is 23.4 Å². The zero-order valence-electron chi connectivity index (χ0n) is 12.6. The van der Waals surface area contributed by atoms with Crippen LogP contribution in [0, 0.1) is 18.8 Å². The number of aryl methyl sites for hydroxylation is 1. The molecule has 0 heterocycles. The minimum Gasteiger partial charge on any atom is -0.348 e. The van der Waals surface area contributed by atoms with Gasteiger partial charge in [0.05, 0.1) is 6.54 Å². The van der Waals surface area contributed by atoms with E-state index in [0.29, 0.717) is 17.4 Å². The molecule has 4 heteroatoms. The summed E-state index contributed by atoms with van der Waals surface area (Å²) in [6.45, 7) is 2.30. The Morgan fingerprint density at radius 2 is 2.24 bits per heavy atom. The van der Waals surface area contributed by atoms with Crippen molar-refractivity contribution in [3.05, 3.63) is 34.9 Å². The Balaban J connectivity index is 2.13. The van der Waals surface area contributed by atoms with Crippen LogP contribution in [0.5, 0.6) is 0 Å². The van der Waals surface area contributed by atoms with Crippen LogP contribution < -0.4 is 11.1 Å². The van der Waals surface area contributed by atoms with E-state index in [1.807, 2.05) is 36.9 Å². The number of hydrogen-bond donors (Lipinski definition) is 2. The first-order valence-electron chi connectivity index (χ1n) is 7.28. The van der Waals surface area contributed by atoms with Crippen LogP contribution in [-0.4, -0.2) is 30.0 Å². The Labute approximate surface area is 131 Å². The summed E-state index contributed by atoms with van der Waals surface area (Å²) >= 11 is 1.84. The largest absolute Gasteiger partial charge is 0.348 e. The van der Waals surface area contributed by atoms with E-state index < -0.39 is 0 Å². The predicted molar refractivity (Wildman–Crippen MR) is 89.5 cm³/mol. The summed E-state index contributed by atoms with van der Waals surface area (Å²) in [5, 5.41) is 3.71. The fraction of sp³-hybridized carbons (Fsp3) is 0.471. The van der Waals surface area contributed by atoms with Gasteiger partial charge in [0.2, 0.25) is 0 Å². The van der Waals surface area contributed by atoms with Gasteiger partial charge < -0.3 is 11.1 Å². The normalized spacial score (nSPS) is 20.7. The van der Waals surface area contributed by atoms with Crippen molar-refractivity contribution in [2.75, 3.05) is 12.8 Å². The molecular weight excluding hydrogens is 280 g/mol. The molecule has 1 aliphatic carbocycles. The summed E-state index contributed by atoms with van der Waals surface area (Å²) in [6.07, 6.45) is 5.57. The fourth-order valence-electron chi connectivity index (χ4n) is 2.76. The SMILES string of the molecule is CSC1CCCC1NC(=O)c1cc(C)cc(C#CCN)c1. The van der Waals surface area contributed by atoms with E-state index in [9.17, 15) is 4.79 Å². The molecule has 21 heavy (non-hydrogen) atoms. The zero-order chi connectivity index (χ0) is 15.2. The van der Waals surface area contributed by atoms with Crippen LogP contribution in [0.25, 0.3) is 0 Å². The smallest absolute Gasteiger partial charge is 0.251 e. The van der Waals surface area contributed by atoms with Gasteiger partial charge in [-0.1, -0.05) is 18.3 Å². The standard InChI is InChI=1S/C17H22N2OS/c1-12-9-13(5-4-8-18)11-14(10-12)17(20)19-15-6-3-7-16(15)21-2/h9-11,15-16H,3,6-8,18H2,1-2H3,(H,19,20). The number of carbonyl (C=O) groups excluding carboxylic acids is 1. The molecule has 2 atom stereocenters. The molecule has 2 unspecified atom stereocenters. The highest BCUT2D eigenvalue weighted by molar-refractivity contribution is 7.99. The van der Waals surface area contributed by atoms with Gasteiger partial charge >= 0.3 is 0 Å². The van der Waals surface area contributed by atoms with Gasteiger partial charge in [-0.25, -0.2) is 0 Å². The van der Waals surface area contributed by atoms with Gasteiger partial charge in [0.1, 0.15) is 0 Å². The Morgan fingerprint density at radius 1 is 1.43 bits per heavy atom. The van der Waals surface area contributed by atoms with Crippen LogP contribution in [0.2, 0.25) is 0 Å². The first-order chi connectivity index (χ1) is 10.1. The Kier molecular flexibility index (Phi) is 5.72. The first-order valence-corrected chi connectivity index (χ1v) is 8.57. The molecule has 2 rings (SSSR count). The Morgan fingerprint density at radius 3 is 2.95 bits per heavy atom. The quantitative estimate of drug-likeness (QED) is 0.843. The van der Waals surface area contributed by atoms with Gasteiger partial charge in [0, 0.05) is 22.4 Å². The molecule has 0 bridgehead atoms. The molecule has 0 saturated heterocycles. The van der Waals surface area contributed by atoms with Crippen molar-refractivity contribution in [2.24, 2.45) is 5.73 Å². The van der Waals surface area contributed by atoms with Crippen molar-refractivity contribution in [3.8, 4) is 11.8 Å². The number of nitrogens with two attached hydrogens (primary N) is 1. The number of hydrogen-bond acceptors (Lipinski definition) is 3. The molecule has 0 aromatic heterocycles. The molecule has 3 nitrogen and oxygen atoms in total. The van der Waals surface area contributed by atoms with E-state index >= 15 is 0 Å². The number of amides is 1. The van der Waals surface area contributed by atoms with Crippen molar-refractivity contribution >= 4 is 17.7 Å². The second kappa shape index (κ2) is 7.53. The minimum atomic E-state index is 0.000415. The number of thioether (sulfide) groups is 1. The summed E-state index contributed by atoms with van der Waals surface area (Å²) < 4.78 is 0. The van der Waals surface area contributed by atoms with Gasteiger partial charge in [-0.2, -0.15) is 11.8 Å². The third-order valence-electron chi connectivity index (χ3n) is 3.75. The molecule has 3 N–H and O–H groups in total. The zero-order valence-corrected chi connectivity index (χ0v) is 13.4. The van der Waals surface area contributed by atoms with Crippen LogP contribution >= 0.6 is 11.8 Å². The van der Waals surface area contributed by atoms with Crippen LogP contribution in [-0.2, 0) is 0 Å². The van der Waals surface area contributed by atoms with Gasteiger partial charge in [-0.05, 0) is 49.8 Å². The maximum absolute atomic E-state index is 12.4. The van der Waals surface area contributed by atoms with Crippen molar-refractivity contribution in [1.29, 1.82) is 0 Å². The summed E-state index contributed by atoms with van der Waals surface area (Å²) in [5.41, 5.74) is 7.96. The van der Waals surface area contributed by atoms with Crippen LogP contribution in [0.4, 0.5) is 0 Å². The molecule has 1 fully saturated rings. The maximum Gasteiger partial charge on any atom is 0.251 e. The molecule has 0 aliphatic heterocycles. The van der Waals surface area contributed by atoms with E-state index in [1.54, 1.807) is 0 Å². The lowest BCUT2D eigenvalue weighted by atomic mass is 10.1. The molecule has 0 radical (unpaired) electrons. The van der Waals surface area contributed by atoms with Crippen molar-refractivity contribution < 1.29 is 4.79 Å². The topological polar surface area (TPSA) is 55.1 Å². The molecule has 1 aromatic carbocycles. The lowest BCUT2D eigenvalue weighted by Crippen LogP contribution is -2.38. The number of nitrogens with one attached hydrogen (secondary N) is 1. The maximum atomic E-state index is 12.4. The highest BCUT2D eigenvalue weighted by Gasteiger charge is 2.28. The second-order valence-corrected chi connectivity index (χ2v) is 6.46. The summed E-state index contributed by atoms with van der Waals surface area (Å²) in [6, 6.07) is 6.01. The van der Waals surface area contributed by atoms with Gasteiger partial charge in [0.15, 0.2) is 0 Å². The van der Waals surface area contributed by atoms with Crippen LogP contribution in [0.1, 0.15) is 40.7 Å². The van der Waals surface area contributed by atoms with E-state index in [1.165, 1.54) is 12.8 Å². The average Bonchev–Trinajstić information content (AvgIpc) is 2.91. The molecule has 112 valence electrons. The van der Waals surface area contributed by atoms with E-state index in [0.717, 1.165) is 17.5 Å². The van der Waals surface area contributed by atoms with Crippen molar-refractivity contribution in [2.45, 2.75) is 37.5 Å². The lowest BCUT2D eigenvalue weighted by molar-refractivity contribution is 0.0938. The third-order valence-corrected chi connectivity index (χ3v) is 4.92. The minimum absolute atomic E-state index is 0.000415. The van der Waals surface area contributed by atoms with Crippen LogP contribution in [0.3, 0.4) is 0 Å². The summed E-state index contributed by atoms with van der Waals surface area (Å²) in [7, 11) is 0. The van der Waals surface area contributed by atoms with Gasteiger partial charge in [-0.3, -0.25) is 4.79 Å². The number of rotatable bonds is 3. The Hall–Kier alpha value is -1.44. The van der Waals surface area contributed by atoms with Gasteiger partial charge in [-0.15, -0.1) is 0 Å². The molecular formula is C17H22N2OS. The van der Waals surface area contributed by atoms with E-state index in [4.69, 9.17) is 5.73 Å². The Bertz CT molecular complexity index is 574.